The fourth-order valence-corrected chi connectivity index (χ4v) is 1.98. The molecule has 1 aromatic carbocycles. The molecule has 0 aliphatic carbocycles. The van der Waals surface area contributed by atoms with Gasteiger partial charge in [0.05, 0.1) is 11.8 Å². The van der Waals surface area contributed by atoms with Gasteiger partial charge in [-0.05, 0) is 34.1 Å². The number of nitrogens with one attached hydrogen (secondary N) is 1. The van der Waals surface area contributed by atoms with Crippen LogP contribution in [0.1, 0.15) is 15.9 Å². The average Bonchev–Trinajstić information content (AvgIpc) is 2.53. The van der Waals surface area contributed by atoms with E-state index in [1.807, 2.05) is 0 Å². The summed E-state index contributed by atoms with van der Waals surface area (Å²) in [6.45, 7) is -0.457. The molecule has 2 N–H and O–H groups in total. The zero-order valence-corrected chi connectivity index (χ0v) is 13.4. The number of carboxylic acid groups (broad SMARTS) is 1. The van der Waals surface area contributed by atoms with Gasteiger partial charge in [0, 0.05) is 22.4 Å². The van der Waals surface area contributed by atoms with E-state index in [-0.39, 0.29) is 0 Å². The average molecular weight is 378 g/mol. The summed E-state index contributed by atoms with van der Waals surface area (Å²) in [5, 5.41) is 12.5. The first-order valence-corrected chi connectivity index (χ1v) is 7.23. The second-order valence-electron chi connectivity index (χ2n) is 4.31. The van der Waals surface area contributed by atoms with Crippen LogP contribution in [0.15, 0.2) is 52.3 Å². The molecular weight excluding hydrogens is 366 g/mol. The number of nitrogens with zero attached hydrogens (tertiary/aromatic N) is 2. The van der Waals surface area contributed by atoms with Crippen LogP contribution in [-0.2, 0) is 4.79 Å². The van der Waals surface area contributed by atoms with E-state index in [0.29, 0.717) is 21.3 Å². The Kier molecular flexibility index (Phi) is 5.81. The van der Waals surface area contributed by atoms with E-state index in [2.05, 4.69) is 31.4 Å². The summed E-state index contributed by atoms with van der Waals surface area (Å²) in [6.07, 6.45) is 4.36. The number of halogens is 1. The molecular formula is C15H12BrN3O4. The van der Waals surface area contributed by atoms with Crippen LogP contribution >= 0.6 is 15.9 Å². The fraction of sp³-hybridized carbons (Fsp3) is 0.0667. The number of aliphatic carboxylic acids is 1. The van der Waals surface area contributed by atoms with E-state index in [1.54, 1.807) is 36.5 Å². The molecule has 1 aromatic heterocycles. The second-order valence-corrected chi connectivity index (χ2v) is 5.23. The van der Waals surface area contributed by atoms with Crippen LogP contribution in [-0.4, -0.2) is 34.8 Å². The lowest BCUT2D eigenvalue weighted by Gasteiger charge is -2.06. The molecule has 0 aliphatic rings. The van der Waals surface area contributed by atoms with Crippen molar-refractivity contribution in [3.8, 4) is 5.75 Å². The van der Waals surface area contributed by atoms with Crippen LogP contribution in [0.5, 0.6) is 5.75 Å². The van der Waals surface area contributed by atoms with Crippen LogP contribution < -0.4 is 10.2 Å². The van der Waals surface area contributed by atoms with E-state index in [0.717, 1.165) is 0 Å². The maximum atomic E-state index is 11.9. The molecule has 118 valence electrons. The minimum absolute atomic E-state index is 0.354. The van der Waals surface area contributed by atoms with Crippen molar-refractivity contribution in [3.05, 3.63) is 58.3 Å². The van der Waals surface area contributed by atoms with Gasteiger partial charge in [-0.2, -0.15) is 5.10 Å². The van der Waals surface area contributed by atoms with Crippen LogP contribution in [0.3, 0.4) is 0 Å². The summed E-state index contributed by atoms with van der Waals surface area (Å²) in [5.74, 6) is -1.14. The van der Waals surface area contributed by atoms with Gasteiger partial charge < -0.3 is 9.84 Å². The van der Waals surface area contributed by atoms with Gasteiger partial charge >= 0.3 is 5.97 Å². The first kappa shape index (κ1) is 16.6. The molecule has 0 saturated heterocycles. The van der Waals surface area contributed by atoms with Crippen molar-refractivity contribution >= 4 is 34.0 Å². The smallest absolute Gasteiger partial charge is 0.341 e. The molecule has 0 spiro atoms. The SMILES string of the molecule is O=C(O)COc1ccccc1C=NNC(=O)c1cncc(Br)c1. The van der Waals surface area contributed by atoms with Crippen molar-refractivity contribution in [1.82, 2.24) is 10.4 Å². The van der Waals surface area contributed by atoms with Gasteiger partial charge in [0.2, 0.25) is 0 Å². The van der Waals surface area contributed by atoms with Crippen molar-refractivity contribution in [2.45, 2.75) is 0 Å². The van der Waals surface area contributed by atoms with Gasteiger partial charge in [0.1, 0.15) is 5.75 Å². The highest BCUT2D eigenvalue weighted by Crippen LogP contribution is 2.15. The van der Waals surface area contributed by atoms with Crippen molar-refractivity contribution < 1.29 is 19.4 Å². The third kappa shape index (κ3) is 5.19. The van der Waals surface area contributed by atoms with Crippen molar-refractivity contribution in [3.63, 3.8) is 0 Å². The lowest BCUT2D eigenvalue weighted by molar-refractivity contribution is -0.139. The molecule has 0 fully saturated rings. The largest absolute Gasteiger partial charge is 0.481 e. The van der Waals surface area contributed by atoms with Gasteiger partial charge in [-0.25, -0.2) is 10.2 Å². The lowest BCUT2D eigenvalue weighted by atomic mass is 10.2. The molecule has 0 aliphatic heterocycles. The van der Waals surface area contributed by atoms with E-state index in [4.69, 9.17) is 9.84 Å². The second kappa shape index (κ2) is 8.04. The summed E-state index contributed by atoms with van der Waals surface area (Å²) in [5.41, 5.74) is 3.26. The summed E-state index contributed by atoms with van der Waals surface area (Å²) in [4.78, 5) is 26.3. The molecule has 1 amide bonds. The van der Waals surface area contributed by atoms with Crippen LogP contribution in [0.2, 0.25) is 0 Å². The standard InChI is InChI=1S/C15H12BrN3O4/c16-12-5-11(6-17-8-12)15(22)19-18-7-10-3-1-2-4-13(10)23-9-14(20)21/h1-8H,9H2,(H,19,22)(H,20,21). The molecule has 0 unspecified atom stereocenters. The van der Waals surface area contributed by atoms with E-state index in [9.17, 15) is 9.59 Å². The molecule has 23 heavy (non-hydrogen) atoms. The van der Waals surface area contributed by atoms with E-state index in [1.165, 1.54) is 12.4 Å². The predicted octanol–water partition coefficient (Wildman–Crippen LogP) is 2.07. The van der Waals surface area contributed by atoms with Gasteiger partial charge in [0.15, 0.2) is 6.61 Å². The number of aromatic nitrogens is 1. The highest BCUT2D eigenvalue weighted by atomic mass is 79.9. The van der Waals surface area contributed by atoms with Crippen molar-refractivity contribution in [2.75, 3.05) is 6.61 Å². The maximum absolute atomic E-state index is 11.9. The fourth-order valence-electron chi connectivity index (χ4n) is 1.62. The van der Waals surface area contributed by atoms with Gasteiger partial charge in [-0.3, -0.25) is 9.78 Å². The Morgan fingerprint density at radius 2 is 2.13 bits per heavy atom. The molecule has 2 rings (SSSR count). The minimum Gasteiger partial charge on any atom is -0.481 e. The van der Waals surface area contributed by atoms with Crippen molar-refractivity contribution in [2.24, 2.45) is 5.10 Å². The number of hydrazone groups is 1. The lowest BCUT2D eigenvalue weighted by Crippen LogP contribution is -2.18. The van der Waals surface area contributed by atoms with E-state index < -0.39 is 18.5 Å². The van der Waals surface area contributed by atoms with Crippen LogP contribution in [0, 0.1) is 0 Å². The molecule has 0 radical (unpaired) electrons. The maximum Gasteiger partial charge on any atom is 0.341 e. The zero-order valence-electron chi connectivity index (χ0n) is 11.8. The Hall–Kier alpha value is -2.74. The number of carbonyl (C=O) groups excluding carboxylic acids is 1. The third-order valence-corrected chi connectivity index (χ3v) is 3.04. The number of benzene rings is 1. The minimum atomic E-state index is -1.08. The molecule has 0 saturated carbocycles. The quantitative estimate of drug-likeness (QED) is 0.592. The number of carboxylic acids is 1. The normalized spacial score (nSPS) is 10.5. The number of amides is 1. The van der Waals surface area contributed by atoms with E-state index >= 15 is 0 Å². The molecule has 1 heterocycles. The molecule has 0 atom stereocenters. The monoisotopic (exact) mass is 377 g/mol. The van der Waals surface area contributed by atoms with Crippen molar-refractivity contribution in [1.29, 1.82) is 0 Å². The van der Waals surface area contributed by atoms with Gasteiger partial charge in [-0.15, -0.1) is 0 Å². The first-order chi connectivity index (χ1) is 11.1. The number of ether oxygens (including phenoxy) is 1. The topological polar surface area (TPSA) is 101 Å². The summed E-state index contributed by atoms with van der Waals surface area (Å²) in [6, 6.07) is 8.37. The summed E-state index contributed by atoms with van der Waals surface area (Å²) < 4.78 is 5.82. The Balaban J connectivity index is 2.03. The Labute approximate surface area is 140 Å². The Morgan fingerprint density at radius 1 is 1.35 bits per heavy atom. The highest BCUT2D eigenvalue weighted by Gasteiger charge is 2.06. The molecule has 2 aromatic rings. The van der Waals surface area contributed by atoms with Crippen LogP contribution in [0.25, 0.3) is 0 Å². The Morgan fingerprint density at radius 3 is 2.87 bits per heavy atom. The van der Waals surface area contributed by atoms with Gasteiger partial charge in [0.25, 0.3) is 5.91 Å². The third-order valence-electron chi connectivity index (χ3n) is 2.61. The molecule has 8 heteroatoms. The summed E-state index contributed by atoms with van der Waals surface area (Å²) >= 11 is 3.23. The number of hydrogen-bond acceptors (Lipinski definition) is 5. The Bertz CT molecular complexity index is 749. The number of rotatable bonds is 6. The van der Waals surface area contributed by atoms with Gasteiger partial charge in [-0.1, -0.05) is 12.1 Å². The zero-order chi connectivity index (χ0) is 16.7. The number of para-hydroxylation sites is 1. The molecule has 7 nitrogen and oxygen atoms in total. The predicted molar refractivity (Wildman–Crippen MR) is 86.6 cm³/mol. The number of pyridine rings is 1. The molecule has 0 bridgehead atoms. The van der Waals surface area contributed by atoms with Crippen LogP contribution in [0.4, 0.5) is 0 Å². The highest BCUT2D eigenvalue weighted by molar-refractivity contribution is 9.10. The first-order valence-electron chi connectivity index (χ1n) is 6.44. The number of hydrogen-bond donors (Lipinski definition) is 2. The number of carbonyl (C=O) groups is 2. The summed E-state index contributed by atoms with van der Waals surface area (Å²) in [7, 11) is 0.